The lowest BCUT2D eigenvalue weighted by atomic mass is 9.92. The lowest BCUT2D eigenvalue weighted by Gasteiger charge is -2.21. The second kappa shape index (κ2) is 5.43. The summed E-state index contributed by atoms with van der Waals surface area (Å²) in [4.78, 5) is 0. The van der Waals surface area contributed by atoms with Gasteiger partial charge in [-0.3, -0.25) is 0 Å². The second-order valence-electron chi connectivity index (χ2n) is 4.40. The third-order valence-corrected chi connectivity index (χ3v) is 2.86. The molecule has 0 aliphatic heterocycles. The Bertz CT molecular complexity index is 340. The van der Waals surface area contributed by atoms with Gasteiger partial charge in [-0.1, -0.05) is 17.7 Å². The summed E-state index contributed by atoms with van der Waals surface area (Å²) in [6.45, 7) is 6.30. The summed E-state index contributed by atoms with van der Waals surface area (Å²) in [5, 5.41) is 19.8. The highest BCUT2D eigenvalue weighted by molar-refractivity contribution is 5.39. The highest BCUT2D eigenvalue weighted by Crippen LogP contribution is 2.26. The standard InChI is InChI=1S/C13H21NO2/c1-8-6-9(2)12(10(3)7-8)13(16)11(15)4-5-14/h6-7,11,13,15-16H,4-5,14H2,1-3H3. The Balaban J connectivity index is 3.03. The van der Waals surface area contributed by atoms with Crippen LogP contribution in [0.25, 0.3) is 0 Å². The Morgan fingerprint density at radius 1 is 1.12 bits per heavy atom. The molecule has 0 fully saturated rings. The van der Waals surface area contributed by atoms with Crippen molar-refractivity contribution in [2.75, 3.05) is 6.54 Å². The average molecular weight is 223 g/mol. The van der Waals surface area contributed by atoms with Crippen molar-refractivity contribution in [2.24, 2.45) is 5.73 Å². The first kappa shape index (κ1) is 13.2. The van der Waals surface area contributed by atoms with Gasteiger partial charge < -0.3 is 15.9 Å². The Hall–Kier alpha value is -0.900. The van der Waals surface area contributed by atoms with E-state index >= 15 is 0 Å². The van der Waals surface area contributed by atoms with Crippen LogP contribution in [0.15, 0.2) is 12.1 Å². The van der Waals surface area contributed by atoms with Gasteiger partial charge in [0.05, 0.1) is 6.10 Å². The van der Waals surface area contributed by atoms with Crippen molar-refractivity contribution >= 4 is 0 Å². The Morgan fingerprint density at radius 3 is 2.06 bits per heavy atom. The highest BCUT2D eigenvalue weighted by Gasteiger charge is 2.21. The molecule has 3 heteroatoms. The molecule has 16 heavy (non-hydrogen) atoms. The SMILES string of the molecule is Cc1cc(C)c(C(O)C(O)CCN)c(C)c1. The van der Waals surface area contributed by atoms with Crippen molar-refractivity contribution in [3.05, 3.63) is 34.4 Å². The monoisotopic (exact) mass is 223 g/mol. The van der Waals surface area contributed by atoms with Gasteiger partial charge in [0.15, 0.2) is 0 Å². The van der Waals surface area contributed by atoms with Crippen molar-refractivity contribution in [1.82, 2.24) is 0 Å². The number of nitrogens with two attached hydrogens (primary N) is 1. The van der Waals surface area contributed by atoms with Crippen molar-refractivity contribution in [2.45, 2.75) is 39.4 Å². The van der Waals surface area contributed by atoms with Crippen LogP contribution in [0.5, 0.6) is 0 Å². The van der Waals surface area contributed by atoms with E-state index in [-0.39, 0.29) is 0 Å². The van der Waals surface area contributed by atoms with E-state index in [2.05, 4.69) is 0 Å². The van der Waals surface area contributed by atoms with Gasteiger partial charge in [0.25, 0.3) is 0 Å². The van der Waals surface area contributed by atoms with Crippen molar-refractivity contribution in [3.63, 3.8) is 0 Å². The molecule has 0 spiro atoms. The van der Waals surface area contributed by atoms with Crippen LogP contribution in [0.2, 0.25) is 0 Å². The summed E-state index contributed by atoms with van der Waals surface area (Å²) >= 11 is 0. The van der Waals surface area contributed by atoms with Crippen LogP contribution >= 0.6 is 0 Å². The molecule has 0 saturated heterocycles. The molecule has 1 rings (SSSR count). The maximum atomic E-state index is 10.1. The lowest BCUT2D eigenvalue weighted by Crippen LogP contribution is -2.23. The number of hydrogen-bond acceptors (Lipinski definition) is 3. The third-order valence-electron chi connectivity index (χ3n) is 2.86. The molecule has 0 aliphatic carbocycles. The quantitative estimate of drug-likeness (QED) is 0.722. The van der Waals surface area contributed by atoms with Crippen LogP contribution < -0.4 is 5.73 Å². The van der Waals surface area contributed by atoms with Gasteiger partial charge >= 0.3 is 0 Å². The first-order valence-electron chi connectivity index (χ1n) is 5.61. The zero-order chi connectivity index (χ0) is 12.3. The number of rotatable bonds is 4. The molecule has 2 atom stereocenters. The maximum absolute atomic E-state index is 10.1. The minimum absolute atomic E-state index is 0.377. The largest absolute Gasteiger partial charge is 0.390 e. The van der Waals surface area contributed by atoms with E-state index in [1.807, 2.05) is 32.9 Å². The summed E-state index contributed by atoms with van der Waals surface area (Å²) in [6, 6.07) is 4.03. The Kier molecular flexibility index (Phi) is 4.47. The predicted molar refractivity (Wildman–Crippen MR) is 65.3 cm³/mol. The molecule has 0 bridgehead atoms. The molecule has 0 radical (unpaired) electrons. The van der Waals surface area contributed by atoms with E-state index in [4.69, 9.17) is 5.73 Å². The molecule has 0 aromatic heterocycles. The predicted octanol–water partition coefficient (Wildman–Crippen LogP) is 1.35. The number of hydrogen-bond donors (Lipinski definition) is 3. The topological polar surface area (TPSA) is 66.5 Å². The molecule has 3 nitrogen and oxygen atoms in total. The van der Waals surface area contributed by atoms with Crippen molar-refractivity contribution in [1.29, 1.82) is 0 Å². The van der Waals surface area contributed by atoms with E-state index in [0.717, 1.165) is 16.7 Å². The van der Waals surface area contributed by atoms with E-state index in [1.165, 1.54) is 5.56 Å². The summed E-state index contributed by atoms with van der Waals surface area (Å²) in [5.41, 5.74) is 9.40. The van der Waals surface area contributed by atoms with Crippen LogP contribution in [0.3, 0.4) is 0 Å². The van der Waals surface area contributed by atoms with Gasteiger partial charge in [0.2, 0.25) is 0 Å². The van der Waals surface area contributed by atoms with Crippen LogP contribution in [0.4, 0.5) is 0 Å². The van der Waals surface area contributed by atoms with Crippen LogP contribution in [0, 0.1) is 20.8 Å². The summed E-state index contributed by atoms with van der Waals surface area (Å²) in [6.07, 6.45) is -1.22. The molecule has 1 aromatic carbocycles. The lowest BCUT2D eigenvalue weighted by molar-refractivity contribution is 0.0143. The summed E-state index contributed by atoms with van der Waals surface area (Å²) in [5.74, 6) is 0. The first-order valence-corrected chi connectivity index (χ1v) is 5.61. The Labute approximate surface area is 96.9 Å². The highest BCUT2D eigenvalue weighted by atomic mass is 16.3. The molecular weight excluding hydrogens is 202 g/mol. The maximum Gasteiger partial charge on any atom is 0.105 e. The molecule has 4 N–H and O–H groups in total. The van der Waals surface area contributed by atoms with Gasteiger partial charge in [-0.05, 0) is 50.4 Å². The minimum Gasteiger partial charge on any atom is -0.390 e. The van der Waals surface area contributed by atoms with Gasteiger partial charge in [0.1, 0.15) is 6.10 Å². The molecule has 0 amide bonds. The zero-order valence-electron chi connectivity index (χ0n) is 10.2. The fourth-order valence-electron chi connectivity index (χ4n) is 2.18. The molecule has 90 valence electrons. The summed E-state index contributed by atoms with van der Waals surface area (Å²) in [7, 11) is 0. The fraction of sp³-hybridized carbons (Fsp3) is 0.538. The van der Waals surface area contributed by atoms with Crippen molar-refractivity contribution in [3.8, 4) is 0 Å². The summed E-state index contributed by atoms with van der Waals surface area (Å²) < 4.78 is 0. The van der Waals surface area contributed by atoms with E-state index in [1.54, 1.807) is 0 Å². The van der Waals surface area contributed by atoms with Crippen molar-refractivity contribution < 1.29 is 10.2 Å². The third kappa shape index (κ3) is 2.82. The minimum atomic E-state index is -0.843. The molecule has 2 unspecified atom stereocenters. The number of aliphatic hydroxyl groups excluding tert-OH is 2. The van der Waals surface area contributed by atoms with Gasteiger partial charge in [-0.15, -0.1) is 0 Å². The number of aryl methyl sites for hydroxylation is 3. The number of benzene rings is 1. The van der Waals surface area contributed by atoms with Gasteiger partial charge in [-0.2, -0.15) is 0 Å². The van der Waals surface area contributed by atoms with E-state index in [9.17, 15) is 10.2 Å². The van der Waals surface area contributed by atoms with Gasteiger partial charge in [0, 0.05) is 0 Å². The first-order chi connectivity index (χ1) is 7.47. The Morgan fingerprint density at radius 2 is 1.62 bits per heavy atom. The van der Waals surface area contributed by atoms with Crippen LogP contribution in [-0.4, -0.2) is 22.9 Å². The normalized spacial score (nSPS) is 14.9. The fourth-order valence-corrected chi connectivity index (χ4v) is 2.18. The molecule has 0 heterocycles. The molecule has 1 aromatic rings. The molecular formula is C13H21NO2. The van der Waals surface area contributed by atoms with Crippen LogP contribution in [0.1, 0.15) is 34.8 Å². The molecule has 0 aliphatic rings. The smallest absolute Gasteiger partial charge is 0.105 e. The van der Waals surface area contributed by atoms with E-state index in [0.29, 0.717) is 13.0 Å². The second-order valence-corrected chi connectivity index (χ2v) is 4.40. The zero-order valence-corrected chi connectivity index (χ0v) is 10.2. The van der Waals surface area contributed by atoms with Crippen LogP contribution in [-0.2, 0) is 0 Å². The number of aliphatic hydroxyl groups is 2. The van der Waals surface area contributed by atoms with E-state index < -0.39 is 12.2 Å². The average Bonchev–Trinajstić information content (AvgIpc) is 2.16. The van der Waals surface area contributed by atoms with Gasteiger partial charge in [-0.25, -0.2) is 0 Å². The molecule has 0 saturated carbocycles.